The molecule has 3 unspecified atom stereocenters. The summed E-state index contributed by atoms with van der Waals surface area (Å²) in [5.74, 6) is 0.0810. The van der Waals surface area contributed by atoms with Crippen LogP contribution in [0.25, 0.3) is 0 Å². The Balaban J connectivity index is 2.05. The molecule has 0 spiro atoms. The third-order valence-corrected chi connectivity index (χ3v) is 4.56. The first-order valence-electron chi connectivity index (χ1n) is 7.47. The average molecular weight is 282 g/mol. The van der Waals surface area contributed by atoms with Crippen LogP contribution in [0.15, 0.2) is 0 Å². The molecule has 2 aliphatic rings. The Hall–Kier alpha value is -0.940. The van der Waals surface area contributed by atoms with E-state index >= 15 is 0 Å². The minimum atomic E-state index is -1.06. The number of aliphatic hydroxyl groups is 1. The number of rotatable bonds is 5. The predicted octanol–water partition coefficient (Wildman–Crippen LogP) is 0.720. The van der Waals surface area contributed by atoms with Gasteiger partial charge in [0.2, 0.25) is 11.8 Å². The predicted molar refractivity (Wildman–Crippen MR) is 75.9 cm³/mol. The van der Waals surface area contributed by atoms with Crippen molar-refractivity contribution in [2.45, 2.75) is 38.7 Å². The van der Waals surface area contributed by atoms with E-state index in [1.807, 2.05) is 19.0 Å². The van der Waals surface area contributed by atoms with Gasteiger partial charge in [0.05, 0.1) is 24.0 Å². The molecule has 0 bridgehead atoms. The quantitative estimate of drug-likeness (QED) is 0.755. The van der Waals surface area contributed by atoms with Gasteiger partial charge in [-0.25, -0.2) is 0 Å². The van der Waals surface area contributed by atoms with E-state index in [4.69, 9.17) is 0 Å². The lowest BCUT2D eigenvalue weighted by Crippen LogP contribution is -2.49. The normalized spacial score (nSPS) is 32.9. The number of hydrogen-bond donors (Lipinski definition) is 1. The zero-order valence-corrected chi connectivity index (χ0v) is 12.9. The summed E-state index contributed by atoms with van der Waals surface area (Å²) in [5, 5.41) is 10.4. The smallest absolute Gasteiger partial charge is 0.233 e. The largest absolute Gasteiger partial charge is 0.387 e. The van der Waals surface area contributed by atoms with E-state index in [1.54, 1.807) is 6.92 Å². The fourth-order valence-corrected chi connectivity index (χ4v) is 3.76. The van der Waals surface area contributed by atoms with Gasteiger partial charge in [-0.05, 0) is 39.8 Å². The summed E-state index contributed by atoms with van der Waals surface area (Å²) in [6.07, 6.45) is 2.70. The zero-order chi connectivity index (χ0) is 15.1. The lowest BCUT2D eigenvalue weighted by Gasteiger charge is -2.31. The van der Waals surface area contributed by atoms with Crippen LogP contribution in [0.3, 0.4) is 0 Å². The summed E-state index contributed by atoms with van der Waals surface area (Å²) >= 11 is 0. The van der Waals surface area contributed by atoms with Crippen LogP contribution in [0.2, 0.25) is 0 Å². The number of likely N-dealkylation sites (N-methyl/N-ethyl adjacent to an activating group) is 1. The Kier molecular flexibility index (Phi) is 4.21. The van der Waals surface area contributed by atoms with E-state index in [9.17, 15) is 14.7 Å². The standard InChI is InChI=1S/C15H26N2O3/c1-5-10-6-11-12(7-10)14(19)17(13(11)18)9-15(2,20)8-16(3)4/h10-12,20H,5-9H2,1-4H3. The molecule has 0 radical (unpaired) electrons. The number of likely N-dealkylation sites (tertiary alicyclic amines) is 1. The third-order valence-electron chi connectivity index (χ3n) is 4.56. The molecule has 20 heavy (non-hydrogen) atoms. The number of hydrogen-bond acceptors (Lipinski definition) is 4. The Morgan fingerprint density at radius 1 is 1.25 bits per heavy atom. The van der Waals surface area contributed by atoms with Gasteiger partial charge >= 0.3 is 0 Å². The Bertz CT molecular complexity index is 382. The van der Waals surface area contributed by atoms with Crippen LogP contribution in [0.1, 0.15) is 33.1 Å². The van der Waals surface area contributed by atoms with Gasteiger partial charge in [-0.3, -0.25) is 14.5 Å². The first kappa shape index (κ1) is 15.4. The Morgan fingerprint density at radius 3 is 2.15 bits per heavy atom. The number of amides is 2. The topological polar surface area (TPSA) is 60.9 Å². The van der Waals surface area contributed by atoms with Gasteiger partial charge in [-0.15, -0.1) is 0 Å². The van der Waals surface area contributed by atoms with Crippen LogP contribution in [0, 0.1) is 17.8 Å². The van der Waals surface area contributed by atoms with Crippen LogP contribution >= 0.6 is 0 Å². The summed E-state index contributed by atoms with van der Waals surface area (Å²) in [6.45, 7) is 4.32. The lowest BCUT2D eigenvalue weighted by molar-refractivity contribution is -0.144. The molecule has 2 rings (SSSR count). The second kappa shape index (κ2) is 5.45. The van der Waals surface area contributed by atoms with Crippen molar-refractivity contribution < 1.29 is 14.7 Å². The molecule has 5 nitrogen and oxygen atoms in total. The highest BCUT2D eigenvalue weighted by molar-refractivity contribution is 6.05. The van der Waals surface area contributed by atoms with Gasteiger partial charge < -0.3 is 10.0 Å². The van der Waals surface area contributed by atoms with Crippen molar-refractivity contribution >= 4 is 11.8 Å². The summed E-state index contributed by atoms with van der Waals surface area (Å²) in [4.78, 5) is 28.0. The van der Waals surface area contributed by atoms with Gasteiger partial charge in [-0.1, -0.05) is 13.3 Å². The van der Waals surface area contributed by atoms with Crippen LogP contribution in [0.4, 0.5) is 0 Å². The van der Waals surface area contributed by atoms with Gasteiger partial charge in [0.1, 0.15) is 0 Å². The maximum Gasteiger partial charge on any atom is 0.233 e. The molecule has 1 N–H and O–H groups in total. The zero-order valence-electron chi connectivity index (χ0n) is 12.9. The molecule has 0 aromatic carbocycles. The van der Waals surface area contributed by atoms with Crippen LogP contribution < -0.4 is 0 Å². The number of imide groups is 1. The average Bonchev–Trinajstić information content (AvgIpc) is 2.83. The molecule has 0 aromatic heterocycles. The van der Waals surface area contributed by atoms with Gasteiger partial charge in [0.15, 0.2) is 0 Å². The number of carbonyl (C=O) groups is 2. The SMILES string of the molecule is CCC1CC2C(=O)N(CC(C)(O)CN(C)C)C(=O)C2C1. The molecule has 2 fully saturated rings. The van der Waals surface area contributed by atoms with Crippen molar-refractivity contribution in [3.63, 3.8) is 0 Å². The number of carbonyl (C=O) groups excluding carboxylic acids is 2. The van der Waals surface area contributed by atoms with Crippen molar-refractivity contribution in [3.05, 3.63) is 0 Å². The monoisotopic (exact) mass is 282 g/mol. The minimum absolute atomic E-state index is 0.0741. The summed E-state index contributed by atoms with van der Waals surface area (Å²) in [5.41, 5.74) is -1.06. The molecule has 2 amide bonds. The fraction of sp³-hybridized carbons (Fsp3) is 0.867. The molecular formula is C15H26N2O3. The minimum Gasteiger partial charge on any atom is -0.387 e. The van der Waals surface area contributed by atoms with Gasteiger partial charge in [0.25, 0.3) is 0 Å². The van der Waals surface area contributed by atoms with Crippen molar-refractivity contribution in [2.24, 2.45) is 17.8 Å². The highest BCUT2D eigenvalue weighted by Gasteiger charge is 2.53. The van der Waals surface area contributed by atoms with Gasteiger partial charge in [-0.2, -0.15) is 0 Å². The number of β-amino-alcohol motifs (C(OH)–C–C–N with tert-alkyl or cyclic N) is 1. The molecule has 1 heterocycles. The molecule has 1 aliphatic heterocycles. The van der Waals surface area contributed by atoms with Crippen molar-refractivity contribution in [1.29, 1.82) is 0 Å². The Labute approximate surface area is 120 Å². The first-order chi connectivity index (χ1) is 9.25. The van der Waals surface area contributed by atoms with Crippen LogP contribution in [0.5, 0.6) is 0 Å². The fourth-order valence-electron chi connectivity index (χ4n) is 3.76. The molecule has 1 saturated carbocycles. The van der Waals surface area contributed by atoms with Crippen LogP contribution in [-0.4, -0.2) is 59.5 Å². The van der Waals surface area contributed by atoms with Crippen molar-refractivity contribution in [2.75, 3.05) is 27.2 Å². The van der Waals surface area contributed by atoms with E-state index in [2.05, 4.69) is 6.92 Å². The maximum absolute atomic E-state index is 12.4. The van der Waals surface area contributed by atoms with Crippen LogP contribution in [-0.2, 0) is 9.59 Å². The molecule has 0 aromatic rings. The van der Waals surface area contributed by atoms with E-state index in [0.717, 1.165) is 19.3 Å². The molecule has 5 heteroatoms. The number of nitrogens with zero attached hydrogens (tertiary/aromatic N) is 2. The molecule has 1 saturated heterocycles. The second-order valence-corrected chi connectivity index (χ2v) is 6.96. The third kappa shape index (κ3) is 2.88. The molecule has 1 aliphatic carbocycles. The maximum atomic E-state index is 12.4. The van der Waals surface area contributed by atoms with E-state index in [1.165, 1.54) is 4.90 Å². The molecular weight excluding hydrogens is 256 g/mol. The van der Waals surface area contributed by atoms with E-state index in [-0.39, 0.29) is 30.2 Å². The first-order valence-corrected chi connectivity index (χ1v) is 7.47. The highest BCUT2D eigenvalue weighted by Crippen LogP contribution is 2.44. The lowest BCUT2D eigenvalue weighted by atomic mass is 10.00. The van der Waals surface area contributed by atoms with E-state index in [0.29, 0.717) is 12.5 Å². The molecule has 114 valence electrons. The Morgan fingerprint density at radius 2 is 1.75 bits per heavy atom. The highest BCUT2D eigenvalue weighted by atomic mass is 16.3. The summed E-state index contributed by atoms with van der Waals surface area (Å²) < 4.78 is 0. The second-order valence-electron chi connectivity index (χ2n) is 6.96. The van der Waals surface area contributed by atoms with Crippen molar-refractivity contribution in [3.8, 4) is 0 Å². The van der Waals surface area contributed by atoms with Gasteiger partial charge in [0, 0.05) is 6.54 Å². The summed E-state index contributed by atoms with van der Waals surface area (Å²) in [7, 11) is 3.73. The summed E-state index contributed by atoms with van der Waals surface area (Å²) in [6, 6.07) is 0. The van der Waals surface area contributed by atoms with Crippen molar-refractivity contribution in [1.82, 2.24) is 9.80 Å². The molecule has 3 atom stereocenters. The van der Waals surface area contributed by atoms with E-state index < -0.39 is 5.60 Å². The number of fused-ring (bicyclic) bond motifs is 1.